The summed E-state index contributed by atoms with van der Waals surface area (Å²) in [7, 11) is 0. The molecule has 0 amide bonds. The number of para-hydroxylation sites is 1. The molecule has 2 aromatic heterocycles. The minimum Gasteiger partial charge on any atom is -0.459 e. The van der Waals surface area contributed by atoms with Gasteiger partial charge in [-0.15, -0.1) is 5.10 Å². The van der Waals surface area contributed by atoms with Gasteiger partial charge < -0.3 is 9.73 Å². The van der Waals surface area contributed by atoms with Crippen molar-refractivity contribution >= 4 is 16.8 Å². The van der Waals surface area contributed by atoms with Crippen molar-refractivity contribution in [1.82, 2.24) is 10.2 Å². The number of nitrogens with zero attached hydrogens (tertiary/aromatic N) is 3. The van der Waals surface area contributed by atoms with Gasteiger partial charge in [-0.05, 0) is 37.5 Å². The van der Waals surface area contributed by atoms with E-state index in [-0.39, 0.29) is 6.04 Å². The van der Waals surface area contributed by atoms with Crippen LogP contribution in [0.4, 0.5) is 5.82 Å². The van der Waals surface area contributed by atoms with Gasteiger partial charge in [0.2, 0.25) is 0 Å². The smallest absolute Gasteiger partial charge is 0.167 e. The Morgan fingerprint density at radius 1 is 1.21 bits per heavy atom. The summed E-state index contributed by atoms with van der Waals surface area (Å²) in [5.41, 5.74) is 3.28. The largest absolute Gasteiger partial charge is 0.459 e. The Hall–Kier alpha value is -2.87. The van der Waals surface area contributed by atoms with E-state index in [0.29, 0.717) is 11.4 Å². The zero-order valence-corrected chi connectivity index (χ0v) is 14.1. The molecule has 1 N–H and O–H groups in total. The predicted molar refractivity (Wildman–Crippen MR) is 93.8 cm³/mol. The lowest BCUT2D eigenvalue weighted by Gasteiger charge is -2.15. The third kappa shape index (κ3) is 2.83. The molecule has 0 saturated heterocycles. The second kappa shape index (κ2) is 6.71. The molecule has 0 bridgehead atoms. The van der Waals surface area contributed by atoms with Crippen molar-refractivity contribution in [3.05, 3.63) is 52.9 Å². The lowest BCUT2D eigenvalue weighted by molar-refractivity contribution is 0.525. The standard InChI is InChI=1S/C19H20N4O/c1-4-14-15(11-20)19(23-22-16(14)5-2)21-12(3)18-10-13-8-6-7-9-17(13)24-18/h6-10,12H,4-5H2,1-3H3,(H,21,23)/t12-/m1/s1. The Labute approximate surface area is 141 Å². The summed E-state index contributed by atoms with van der Waals surface area (Å²) >= 11 is 0. The Morgan fingerprint density at radius 3 is 2.67 bits per heavy atom. The van der Waals surface area contributed by atoms with Gasteiger partial charge in [-0.3, -0.25) is 0 Å². The molecule has 122 valence electrons. The van der Waals surface area contributed by atoms with E-state index in [1.54, 1.807) is 0 Å². The fraction of sp³-hybridized carbons (Fsp3) is 0.316. The Morgan fingerprint density at radius 2 is 2.00 bits per heavy atom. The van der Waals surface area contributed by atoms with Gasteiger partial charge in [-0.1, -0.05) is 32.0 Å². The van der Waals surface area contributed by atoms with Crippen LogP contribution in [0.2, 0.25) is 0 Å². The van der Waals surface area contributed by atoms with E-state index in [9.17, 15) is 5.26 Å². The molecule has 5 nitrogen and oxygen atoms in total. The quantitative estimate of drug-likeness (QED) is 0.754. The molecular formula is C19H20N4O. The average molecular weight is 320 g/mol. The molecule has 24 heavy (non-hydrogen) atoms. The van der Waals surface area contributed by atoms with E-state index in [2.05, 4.69) is 21.6 Å². The van der Waals surface area contributed by atoms with Gasteiger partial charge in [0.25, 0.3) is 0 Å². The number of rotatable bonds is 5. The molecule has 5 heteroatoms. The number of aromatic nitrogens is 2. The molecule has 0 spiro atoms. The van der Waals surface area contributed by atoms with E-state index in [4.69, 9.17) is 4.42 Å². The summed E-state index contributed by atoms with van der Waals surface area (Å²) in [6.45, 7) is 6.04. The fourth-order valence-electron chi connectivity index (χ4n) is 2.89. The van der Waals surface area contributed by atoms with Crippen molar-refractivity contribution in [1.29, 1.82) is 5.26 Å². The summed E-state index contributed by atoms with van der Waals surface area (Å²) in [4.78, 5) is 0. The molecule has 0 radical (unpaired) electrons. The molecule has 0 saturated carbocycles. The average Bonchev–Trinajstić information content (AvgIpc) is 3.05. The summed E-state index contributed by atoms with van der Waals surface area (Å²) in [5.74, 6) is 1.32. The maximum atomic E-state index is 9.57. The summed E-state index contributed by atoms with van der Waals surface area (Å²) in [6, 6.07) is 12.1. The highest BCUT2D eigenvalue weighted by atomic mass is 16.3. The molecule has 0 aliphatic rings. The normalized spacial score (nSPS) is 12.1. The monoisotopic (exact) mass is 320 g/mol. The molecular weight excluding hydrogens is 300 g/mol. The highest BCUT2D eigenvalue weighted by molar-refractivity contribution is 5.78. The Bertz CT molecular complexity index is 874. The molecule has 0 aliphatic carbocycles. The number of nitriles is 1. The van der Waals surface area contributed by atoms with Gasteiger partial charge in [-0.2, -0.15) is 10.4 Å². The first-order chi connectivity index (χ1) is 11.7. The maximum absolute atomic E-state index is 9.57. The van der Waals surface area contributed by atoms with Crippen LogP contribution in [0, 0.1) is 11.3 Å². The highest BCUT2D eigenvalue weighted by Gasteiger charge is 2.18. The van der Waals surface area contributed by atoms with Gasteiger partial charge in [0, 0.05) is 5.39 Å². The van der Waals surface area contributed by atoms with Crippen LogP contribution in [0.5, 0.6) is 0 Å². The number of anilines is 1. The van der Waals surface area contributed by atoms with E-state index in [1.165, 1.54) is 0 Å². The molecule has 1 aromatic carbocycles. The van der Waals surface area contributed by atoms with Gasteiger partial charge in [0.05, 0.1) is 11.7 Å². The van der Waals surface area contributed by atoms with Crippen molar-refractivity contribution in [3.63, 3.8) is 0 Å². The first kappa shape index (κ1) is 16.0. The molecule has 0 fully saturated rings. The predicted octanol–water partition coefficient (Wildman–Crippen LogP) is 4.39. The minimum atomic E-state index is -0.115. The lowest BCUT2D eigenvalue weighted by atomic mass is 10.0. The molecule has 3 aromatic rings. The number of nitrogens with one attached hydrogen (secondary N) is 1. The summed E-state index contributed by atoms with van der Waals surface area (Å²) in [5, 5.41) is 22.4. The number of hydrogen-bond acceptors (Lipinski definition) is 5. The zero-order chi connectivity index (χ0) is 17.1. The third-order valence-corrected chi connectivity index (χ3v) is 4.18. The number of fused-ring (bicyclic) bond motifs is 1. The second-order valence-corrected chi connectivity index (χ2v) is 5.72. The molecule has 2 heterocycles. The van der Waals surface area contributed by atoms with Crippen LogP contribution in [0.1, 0.15) is 49.4 Å². The Balaban J connectivity index is 1.94. The number of aryl methyl sites for hydroxylation is 1. The minimum absolute atomic E-state index is 0.115. The van der Waals surface area contributed by atoms with Crippen LogP contribution >= 0.6 is 0 Å². The SMILES string of the molecule is CCc1nnc(N[C@H](C)c2cc3ccccc3o2)c(C#N)c1CC. The number of hydrogen-bond donors (Lipinski definition) is 1. The molecule has 0 unspecified atom stereocenters. The van der Waals surface area contributed by atoms with Gasteiger partial charge in [-0.25, -0.2) is 0 Å². The van der Waals surface area contributed by atoms with Gasteiger partial charge in [0.1, 0.15) is 23.0 Å². The van der Waals surface area contributed by atoms with Crippen LogP contribution in [0.25, 0.3) is 11.0 Å². The van der Waals surface area contributed by atoms with Crippen molar-refractivity contribution < 1.29 is 4.42 Å². The highest BCUT2D eigenvalue weighted by Crippen LogP contribution is 2.28. The van der Waals surface area contributed by atoms with Crippen LogP contribution < -0.4 is 5.32 Å². The van der Waals surface area contributed by atoms with Gasteiger partial charge in [0.15, 0.2) is 5.82 Å². The zero-order valence-electron chi connectivity index (χ0n) is 14.1. The molecule has 0 aliphatic heterocycles. The molecule has 1 atom stereocenters. The summed E-state index contributed by atoms with van der Waals surface area (Å²) < 4.78 is 5.88. The van der Waals surface area contributed by atoms with Crippen LogP contribution in [-0.4, -0.2) is 10.2 Å². The van der Waals surface area contributed by atoms with Crippen molar-refractivity contribution in [3.8, 4) is 6.07 Å². The van der Waals surface area contributed by atoms with E-state index in [0.717, 1.165) is 40.8 Å². The van der Waals surface area contributed by atoms with Crippen molar-refractivity contribution in [2.75, 3.05) is 5.32 Å². The van der Waals surface area contributed by atoms with Crippen LogP contribution in [0.3, 0.4) is 0 Å². The fourth-order valence-corrected chi connectivity index (χ4v) is 2.89. The van der Waals surface area contributed by atoms with E-state index in [1.807, 2.05) is 51.1 Å². The topological polar surface area (TPSA) is 74.7 Å². The number of benzene rings is 1. The first-order valence-corrected chi connectivity index (χ1v) is 8.21. The Kier molecular flexibility index (Phi) is 4.48. The van der Waals surface area contributed by atoms with Gasteiger partial charge >= 0.3 is 0 Å². The van der Waals surface area contributed by atoms with Crippen LogP contribution in [-0.2, 0) is 12.8 Å². The van der Waals surface area contributed by atoms with Crippen molar-refractivity contribution in [2.24, 2.45) is 0 Å². The summed E-state index contributed by atoms with van der Waals surface area (Å²) in [6.07, 6.45) is 1.53. The maximum Gasteiger partial charge on any atom is 0.167 e. The lowest BCUT2D eigenvalue weighted by Crippen LogP contribution is -2.12. The van der Waals surface area contributed by atoms with E-state index < -0.39 is 0 Å². The number of furan rings is 1. The van der Waals surface area contributed by atoms with Crippen molar-refractivity contribution in [2.45, 2.75) is 39.7 Å². The third-order valence-electron chi connectivity index (χ3n) is 4.18. The second-order valence-electron chi connectivity index (χ2n) is 5.72. The van der Waals surface area contributed by atoms with Crippen LogP contribution in [0.15, 0.2) is 34.7 Å². The first-order valence-electron chi connectivity index (χ1n) is 8.21. The molecule has 3 rings (SSSR count). The van der Waals surface area contributed by atoms with E-state index >= 15 is 0 Å².